The molecule has 0 unspecified atom stereocenters. The minimum absolute atomic E-state index is 0.0734. The fraction of sp³-hybridized carbons (Fsp3) is 0.300. The molecule has 1 aromatic rings. The number of hydrogen-bond donors (Lipinski definition) is 1. The zero-order chi connectivity index (χ0) is 11.5. The summed E-state index contributed by atoms with van der Waals surface area (Å²) in [5.41, 5.74) is 0.876. The summed E-state index contributed by atoms with van der Waals surface area (Å²) in [5.74, 6) is -2.20. The van der Waals surface area contributed by atoms with Gasteiger partial charge in [-0.1, -0.05) is 19.1 Å². The van der Waals surface area contributed by atoms with Crippen LogP contribution in [0.3, 0.4) is 0 Å². The first-order valence-corrected chi connectivity index (χ1v) is 6.14. The summed E-state index contributed by atoms with van der Waals surface area (Å²) in [6.45, 7) is 1.91. The van der Waals surface area contributed by atoms with Crippen LogP contribution in [-0.4, -0.2) is 25.2 Å². The van der Waals surface area contributed by atoms with E-state index >= 15 is 0 Å². The zero-order valence-electron chi connectivity index (χ0n) is 8.30. The molecule has 0 aliphatic carbocycles. The highest BCUT2D eigenvalue weighted by Crippen LogP contribution is 2.13. The molecular formula is C10H12O4S. The van der Waals surface area contributed by atoms with E-state index in [1.807, 2.05) is 6.92 Å². The predicted molar refractivity (Wildman–Crippen MR) is 55.5 cm³/mol. The fourth-order valence-electron chi connectivity index (χ4n) is 1.20. The molecule has 0 spiro atoms. The first-order valence-electron chi connectivity index (χ1n) is 4.49. The van der Waals surface area contributed by atoms with Crippen molar-refractivity contribution in [2.75, 3.05) is 5.75 Å². The molecule has 0 aromatic heterocycles. The van der Waals surface area contributed by atoms with Crippen molar-refractivity contribution in [3.63, 3.8) is 0 Å². The van der Waals surface area contributed by atoms with Crippen molar-refractivity contribution in [2.24, 2.45) is 0 Å². The molecule has 0 amide bonds. The molecule has 4 nitrogen and oxygen atoms in total. The van der Waals surface area contributed by atoms with Gasteiger partial charge in [-0.3, -0.25) is 4.79 Å². The normalized spacial score (nSPS) is 11.3. The molecule has 82 valence electrons. The smallest absolute Gasteiger partial charge is 0.319 e. The van der Waals surface area contributed by atoms with Gasteiger partial charge < -0.3 is 5.11 Å². The van der Waals surface area contributed by atoms with E-state index < -0.39 is 21.6 Å². The molecule has 5 heteroatoms. The minimum atomic E-state index is -3.69. The Morgan fingerprint density at radius 3 is 2.60 bits per heavy atom. The Bertz CT molecular complexity index is 462. The number of hydrogen-bond acceptors (Lipinski definition) is 3. The van der Waals surface area contributed by atoms with Crippen LogP contribution < -0.4 is 0 Å². The molecule has 0 atom stereocenters. The third-order valence-corrected chi connectivity index (χ3v) is 3.58. The lowest BCUT2D eigenvalue weighted by molar-refractivity contribution is -0.134. The Hall–Kier alpha value is -1.36. The molecule has 1 N–H and O–H groups in total. The van der Waals surface area contributed by atoms with E-state index in [0.717, 1.165) is 12.0 Å². The number of sulfone groups is 1. The molecule has 15 heavy (non-hydrogen) atoms. The van der Waals surface area contributed by atoms with E-state index in [1.165, 1.54) is 12.1 Å². The van der Waals surface area contributed by atoms with Crippen LogP contribution in [0.1, 0.15) is 12.5 Å². The lowest BCUT2D eigenvalue weighted by atomic mass is 10.2. The molecule has 0 saturated carbocycles. The van der Waals surface area contributed by atoms with E-state index in [2.05, 4.69) is 0 Å². The number of carbonyl (C=O) groups is 1. The van der Waals surface area contributed by atoms with Gasteiger partial charge in [-0.05, 0) is 24.1 Å². The summed E-state index contributed by atoms with van der Waals surface area (Å²) >= 11 is 0. The highest BCUT2D eigenvalue weighted by molar-refractivity contribution is 7.92. The largest absolute Gasteiger partial charge is 0.480 e. The lowest BCUT2D eigenvalue weighted by Crippen LogP contribution is -2.15. The SMILES string of the molecule is CCc1cccc(S(=O)(=O)CC(=O)O)c1. The number of carboxylic acid groups (broad SMARTS) is 1. The van der Waals surface area contributed by atoms with E-state index in [4.69, 9.17) is 5.11 Å². The quantitative estimate of drug-likeness (QED) is 0.837. The number of carboxylic acids is 1. The Labute approximate surface area is 88.5 Å². The third kappa shape index (κ3) is 3.06. The van der Waals surface area contributed by atoms with Crippen molar-refractivity contribution in [3.05, 3.63) is 29.8 Å². The van der Waals surface area contributed by atoms with Gasteiger partial charge in [0, 0.05) is 0 Å². The Kier molecular flexibility index (Phi) is 3.47. The van der Waals surface area contributed by atoms with Gasteiger partial charge in [0.1, 0.15) is 0 Å². The summed E-state index contributed by atoms with van der Waals surface area (Å²) < 4.78 is 23.1. The maximum atomic E-state index is 11.5. The van der Waals surface area contributed by atoms with Gasteiger partial charge >= 0.3 is 5.97 Å². The molecule has 0 aliphatic heterocycles. The van der Waals surface area contributed by atoms with Crippen LogP contribution >= 0.6 is 0 Å². The van der Waals surface area contributed by atoms with Crippen LogP contribution in [0.15, 0.2) is 29.2 Å². The summed E-state index contributed by atoms with van der Waals surface area (Å²) in [6, 6.07) is 6.35. The van der Waals surface area contributed by atoms with Crippen LogP contribution in [0.2, 0.25) is 0 Å². The van der Waals surface area contributed by atoms with E-state index in [-0.39, 0.29) is 4.90 Å². The lowest BCUT2D eigenvalue weighted by Gasteiger charge is -2.03. The van der Waals surface area contributed by atoms with Crippen molar-refractivity contribution >= 4 is 15.8 Å². The molecule has 0 aliphatic rings. The molecule has 1 rings (SSSR count). The zero-order valence-corrected chi connectivity index (χ0v) is 9.12. The van der Waals surface area contributed by atoms with Crippen molar-refractivity contribution in [3.8, 4) is 0 Å². The first kappa shape index (κ1) is 11.7. The molecule has 0 radical (unpaired) electrons. The third-order valence-electron chi connectivity index (χ3n) is 1.98. The van der Waals surface area contributed by atoms with Crippen LogP contribution in [0.25, 0.3) is 0 Å². The van der Waals surface area contributed by atoms with Crippen LogP contribution in [-0.2, 0) is 21.1 Å². The summed E-state index contributed by atoms with van der Waals surface area (Å²) in [4.78, 5) is 10.4. The average molecular weight is 228 g/mol. The molecule has 0 bridgehead atoms. The fourth-order valence-corrected chi connectivity index (χ4v) is 2.31. The van der Waals surface area contributed by atoms with E-state index in [9.17, 15) is 13.2 Å². The van der Waals surface area contributed by atoms with Gasteiger partial charge in [-0.15, -0.1) is 0 Å². The molecule has 0 heterocycles. The molecular weight excluding hydrogens is 216 g/mol. The van der Waals surface area contributed by atoms with Crippen molar-refractivity contribution in [1.82, 2.24) is 0 Å². The van der Waals surface area contributed by atoms with Crippen LogP contribution in [0, 0.1) is 0 Å². The number of aryl methyl sites for hydroxylation is 1. The second-order valence-electron chi connectivity index (χ2n) is 3.15. The van der Waals surface area contributed by atoms with Gasteiger partial charge in [0.15, 0.2) is 15.6 Å². The molecule has 0 saturated heterocycles. The highest BCUT2D eigenvalue weighted by atomic mass is 32.2. The van der Waals surface area contributed by atoms with Gasteiger partial charge in [0.25, 0.3) is 0 Å². The first-order chi connectivity index (χ1) is 6.95. The number of benzene rings is 1. The Balaban J connectivity index is 3.10. The minimum Gasteiger partial charge on any atom is -0.480 e. The monoisotopic (exact) mass is 228 g/mol. The van der Waals surface area contributed by atoms with Gasteiger partial charge in [0.05, 0.1) is 4.90 Å². The van der Waals surface area contributed by atoms with Gasteiger partial charge in [-0.2, -0.15) is 0 Å². The molecule has 0 fully saturated rings. The Morgan fingerprint density at radius 1 is 1.40 bits per heavy atom. The number of aliphatic carboxylic acids is 1. The second-order valence-corrected chi connectivity index (χ2v) is 5.14. The van der Waals surface area contributed by atoms with Crippen LogP contribution in [0.5, 0.6) is 0 Å². The Morgan fingerprint density at radius 2 is 2.07 bits per heavy atom. The van der Waals surface area contributed by atoms with Crippen molar-refractivity contribution < 1.29 is 18.3 Å². The van der Waals surface area contributed by atoms with Gasteiger partial charge in [-0.25, -0.2) is 8.42 Å². The number of rotatable bonds is 4. The van der Waals surface area contributed by atoms with Crippen molar-refractivity contribution in [1.29, 1.82) is 0 Å². The summed E-state index contributed by atoms with van der Waals surface area (Å²) in [7, 11) is -3.69. The standard InChI is InChI=1S/C10H12O4S/c1-2-8-4-3-5-9(6-8)15(13,14)7-10(11)12/h3-6H,2,7H2,1H3,(H,11,12). The van der Waals surface area contributed by atoms with E-state index in [0.29, 0.717) is 0 Å². The topological polar surface area (TPSA) is 71.4 Å². The van der Waals surface area contributed by atoms with Crippen LogP contribution in [0.4, 0.5) is 0 Å². The highest BCUT2D eigenvalue weighted by Gasteiger charge is 2.18. The van der Waals surface area contributed by atoms with E-state index in [1.54, 1.807) is 12.1 Å². The molecule has 1 aromatic carbocycles. The maximum Gasteiger partial charge on any atom is 0.319 e. The van der Waals surface area contributed by atoms with Gasteiger partial charge in [0.2, 0.25) is 0 Å². The maximum absolute atomic E-state index is 11.5. The van der Waals surface area contributed by atoms with Crippen molar-refractivity contribution in [2.45, 2.75) is 18.2 Å². The second kappa shape index (κ2) is 4.44. The summed E-state index contributed by atoms with van der Waals surface area (Å²) in [6.07, 6.45) is 0.719. The average Bonchev–Trinajstić information content (AvgIpc) is 2.16. The summed E-state index contributed by atoms with van der Waals surface area (Å²) in [5, 5.41) is 8.46. The predicted octanol–water partition coefficient (Wildman–Crippen LogP) is 1.11.